The summed E-state index contributed by atoms with van der Waals surface area (Å²) in [4.78, 5) is 23.0. The van der Waals surface area contributed by atoms with Crippen molar-refractivity contribution < 1.29 is 22.9 Å². The number of sulfonamides is 1. The van der Waals surface area contributed by atoms with Crippen LogP contribution in [0.5, 0.6) is 5.75 Å². The first-order valence-electron chi connectivity index (χ1n) is 7.09. The van der Waals surface area contributed by atoms with Gasteiger partial charge in [0.25, 0.3) is 15.7 Å². The number of ether oxygens (including phenoxy) is 1. The molecule has 2 rings (SSSR count). The van der Waals surface area contributed by atoms with Crippen molar-refractivity contribution >= 4 is 62.6 Å². The van der Waals surface area contributed by atoms with E-state index >= 15 is 0 Å². The minimum atomic E-state index is -4.34. The molecule has 0 spiro atoms. The zero-order valence-corrected chi connectivity index (χ0v) is 16.9. The maximum atomic E-state index is 12.5. The van der Waals surface area contributed by atoms with Gasteiger partial charge in [-0.3, -0.25) is 20.3 Å². The number of hydrogen-bond acceptors (Lipinski definition) is 7. The molecule has 0 heterocycles. The second-order valence-electron chi connectivity index (χ2n) is 5.02. The molecule has 2 aromatic carbocycles. The second kappa shape index (κ2) is 8.80. The molecule has 1 amide bonds. The highest BCUT2D eigenvalue weighted by atomic mass is 35.5. The molecule has 0 saturated heterocycles. The number of nitrogens with one attached hydrogen (secondary N) is 2. The highest BCUT2D eigenvalue weighted by molar-refractivity contribution is 7.89. The molecule has 0 aliphatic carbocycles. The topological polar surface area (TPSA) is 131 Å². The Hall–Kier alpha value is -2.31. The molecule has 0 unspecified atom stereocenters. The number of non-ortho nitro benzene ring substituents is 1. The average molecular weight is 470 g/mol. The van der Waals surface area contributed by atoms with Gasteiger partial charge in [-0.2, -0.15) is 5.12 Å². The van der Waals surface area contributed by atoms with Crippen LogP contribution in [0.25, 0.3) is 0 Å². The molecular weight excluding hydrogens is 459 g/mol. The largest absolute Gasteiger partial charge is 0.494 e. The van der Waals surface area contributed by atoms with Crippen LogP contribution in [0, 0.1) is 10.1 Å². The summed E-state index contributed by atoms with van der Waals surface area (Å²) in [5.41, 5.74) is 2.22. The Bertz CT molecular complexity index is 1030. The summed E-state index contributed by atoms with van der Waals surface area (Å²) in [5.74, 6) is -0.00665. The molecular formula is C14H11Cl3N4O6S. The van der Waals surface area contributed by atoms with Gasteiger partial charge in [-0.1, -0.05) is 34.8 Å². The molecule has 150 valence electrons. The van der Waals surface area contributed by atoms with Crippen LogP contribution < -0.4 is 15.0 Å². The third-order valence-electron chi connectivity index (χ3n) is 3.23. The Morgan fingerprint density at radius 1 is 1.14 bits per heavy atom. The first kappa shape index (κ1) is 22.0. The van der Waals surface area contributed by atoms with E-state index in [2.05, 4.69) is 5.43 Å². The Morgan fingerprint density at radius 2 is 1.79 bits per heavy atom. The van der Waals surface area contributed by atoms with Gasteiger partial charge in [0, 0.05) is 6.07 Å². The number of hydrogen-bond donors (Lipinski definition) is 2. The van der Waals surface area contributed by atoms with Crippen molar-refractivity contribution in [2.75, 3.05) is 12.5 Å². The molecule has 0 radical (unpaired) electrons. The van der Waals surface area contributed by atoms with E-state index in [4.69, 9.17) is 39.5 Å². The predicted octanol–water partition coefficient (Wildman–Crippen LogP) is 3.24. The molecule has 0 bridgehead atoms. The molecule has 0 aliphatic rings. The van der Waals surface area contributed by atoms with Crippen molar-refractivity contribution in [3.8, 4) is 5.75 Å². The van der Waals surface area contributed by atoms with Crippen molar-refractivity contribution in [3.63, 3.8) is 0 Å². The molecule has 28 heavy (non-hydrogen) atoms. The number of carbonyl (C=O) groups excluding carboxylic acids is 1. The Morgan fingerprint density at radius 3 is 2.36 bits per heavy atom. The first-order chi connectivity index (χ1) is 13.1. The molecule has 2 N–H and O–H groups in total. The summed E-state index contributed by atoms with van der Waals surface area (Å²) < 4.78 is 30.0. The predicted molar refractivity (Wildman–Crippen MR) is 103 cm³/mol. The summed E-state index contributed by atoms with van der Waals surface area (Å²) in [6.45, 7) is 0. The van der Waals surface area contributed by atoms with Gasteiger partial charge in [0.2, 0.25) is 6.41 Å². The van der Waals surface area contributed by atoms with Crippen LogP contribution in [-0.4, -0.2) is 32.0 Å². The van der Waals surface area contributed by atoms with Crippen molar-refractivity contribution in [3.05, 3.63) is 55.5 Å². The lowest BCUT2D eigenvalue weighted by Gasteiger charge is -2.21. The standard InChI is InChI=1S/C14H11Cl3N4O6S/c1-27-13-4-8(21(23)24)2-3-12(13)18-20(7-22)19-28(25,26)14-6-10(16)9(15)5-11(14)17/h2-7,18-19H,1H3. The number of nitro groups is 1. The van der Waals surface area contributed by atoms with Gasteiger partial charge in [-0.15, -0.1) is 4.83 Å². The summed E-state index contributed by atoms with van der Waals surface area (Å²) in [7, 11) is -3.10. The first-order valence-corrected chi connectivity index (χ1v) is 9.71. The minimum absolute atomic E-state index is 0.00665. The number of benzene rings is 2. The molecule has 10 nitrogen and oxygen atoms in total. The van der Waals surface area contributed by atoms with Crippen LogP contribution in [0.2, 0.25) is 15.1 Å². The third-order valence-corrected chi connectivity index (χ3v) is 5.73. The summed E-state index contributed by atoms with van der Waals surface area (Å²) in [6.07, 6.45) is 0.115. The van der Waals surface area contributed by atoms with Crippen molar-refractivity contribution in [1.29, 1.82) is 0 Å². The highest BCUT2D eigenvalue weighted by Gasteiger charge is 2.23. The van der Waals surface area contributed by atoms with Crippen LogP contribution in [0.4, 0.5) is 11.4 Å². The maximum Gasteiger partial charge on any atom is 0.273 e. The number of amides is 1. The fraction of sp³-hybridized carbons (Fsp3) is 0.0714. The fourth-order valence-corrected chi connectivity index (χ4v) is 3.93. The lowest BCUT2D eigenvalue weighted by atomic mass is 10.2. The van der Waals surface area contributed by atoms with Gasteiger partial charge >= 0.3 is 0 Å². The van der Waals surface area contributed by atoms with Crippen LogP contribution in [0.3, 0.4) is 0 Å². The fourth-order valence-electron chi connectivity index (χ4n) is 1.98. The van der Waals surface area contributed by atoms with Crippen LogP contribution in [-0.2, 0) is 14.8 Å². The lowest BCUT2D eigenvalue weighted by Crippen LogP contribution is -2.45. The van der Waals surface area contributed by atoms with E-state index < -0.39 is 19.8 Å². The molecule has 0 aliphatic heterocycles. The quantitative estimate of drug-likeness (QED) is 0.262. The number of rotatable bonds is 8. The number of methoxy groups -OCH3 is 1. The van der Waals surface area contributed by atoms with Crippen molar-refractivity contribution in [2.45, 2.75) is 4.90 Å². The van der Waals surface area contributed by atoms with Crippen molar-refractivity contribution in [1.82, 2.24) is 9.95 Å². The van der Waals surface area contributed by atoms with E-state index in [0.29, 0.717) is 5.12 Å². The Labute approximate surface area is 174 Å². The zero-order valence-electron chi connectivity index (χ0n) is 13.9. The summed E-state index contributed by atoms with van der Waals surface area (Å²) in [6, 6.07) is 5.61. The SMILES string of the molecule is COc1cc([N+](=O)[O-])ccc1NN(C=O)NS(=O)(=O)c1cc(Cl)c(Cl)cc1Cl. The molecule has 0 aromatic heterocycles. The van der Waals surface area contributed by atoms with E-state index in [9.17, 15) is 23.3 Å². The smallest absolute Gasteiger partial charge is 0.273 e. The number of halogens is 3. The molecule has 14 heteroatoms. The summed E-state index contributed by atoms with van der Waals surface area (Å²) in [5, 5.41) is 11.0. The number of nitro benzene ring substituents is 1. The van der Waals surface area contributed by atoms with Gasteiger partial charge < -0.3 is 4.74 Å². The monoisotopic (exact) mass is 468 g/mol. The van der Waals surface area contributed by atoms with Gasteiger partial charge in [0.15, 0.2) is 5.75 Å². The van der Waals surface area contributed by atoms with Crippen molar-refractivity contribution in [2.24, 2.45) is 0 Å². The van der Waals surface area contributed by atoms with Gasteiger partial charge in [0.05, 0.1) is 38.9 Å². The normalized spacial score (nSPS) is 11.0. The van der Waals surface area contributed by atoms with Gasteiger partial charge in [-0.05, 0) is 18.2 Å². The number of anilines is 1. The second-order valence-corrected chi connectivity index (χ2v) is 7.87. The Balaban J connectivity index is 2.31. The third kappa shape index (κ3) is 4.94. The van der Waals surface area contributed by atoms with Crippen LogP contribution in [0.15, 0.2) is 35.2 Å². The van der Waals surface area contributed by atoms with E-state index in [1.54, 1.807) is 0 Å². The number of carbonyl (C=O) groups is 1. The van der Waals surface area contributed by atoms with Gasteiger partial charge in [0.1, 0.15) is 4.90 Å². The molecule has 0 fully saturated rings. The highest BCUT2D eigenvalue weighted by Crippen LogP contribution is 2.32. The molecule has 2 aromatic rings. The zero-order chi connectivity index (χ0) is 21.1. The van der Waals surface area contributed by atoms with E-state index in [0.717, 1.165) is 24.3 Å². The summed E-state index contributed by atoms with van der Waals surface area (Å²) >= 11 is 17.5. The number of nitrogens with zero attached hydrogens (tertiary/aromatic N) is 2. The van der Waals surface area contributed by atoms with E-state index in [-0.39, 0.29) is 38.6 Å². The van der Waals surface area contributed by atoms with Crippen LogP contribution in [0.1, 0.15) is 0 Å². The average Bonchev–Trinajstić information content (AvgIpc) is 2.63. The van der Waals surface area contributed by atoms with E-state index in [1.165, 1.54) is 13.2 Å². The molecule has 0 saturated carbocycles. The maximum absolute atomic E-state index is 12.5. The lowest BCUT2D eigenvalue weighted by molar-refractivity contribution is -0.384. The van der Waals surface area contributed by atoms with Gasteiger partial charge in [-0.25, -0.2) is 8.42 Å². The Kier molecular flexibility index (Phi) is 6.91. The minimum Gasteiger partial charge on any atom is -0.494 e. The number of hydrazine groups is 2. The van der Waals surface area contributed by atoms with Crippen LogP contribution >= 0.6 is 34.8 Å². The molecule has 0 atom stereocenters. The van der Waals surface area contributed by atoms with E-state index in [1.807, 2.05) is 4.83 Å².